The van der Waals surface area contributed by atoms with Gasteiger partial charge < -0.3 is 15.2 Å². The van der Waals surface area contributed by atoms with Crippen LogP contribution in [0.3, 0.4) is 0 Å². The molecule has 1 amide bonds. The third kappa shape index (κ3) is 4.24. The van der Waals surface area contributed by atoms with E-state index in [1.165, 1.54) is 0 Å². The summed E-state index contributed by atoms with van der Waals surface area (Å²) in [6.07, 6.45) is 1.81. The van der Waals surface area contributed by atoms with E-state index in [-0.39, 0.29) is 12.2 Å². The second-order valence-electron chi connectivity index (χ2n) is 7.12. The molecule has 2 atom stereocenters. The maximum Gasteiger partial charge on any atom is 0.254 e. The number of aromatic nitrogens is 1. The summed E-state index contributed by atoms with van der Waals surface area (Å²) in [5, 5.41) is 14.3. The largest absolute Gasteiger partial charge is 0.389 e. The molecule has 5 nitrogen and oxygen atoms in total. The molecular formula is C22H20ClFN2O3. The number of carbonyl (C=O) groups excluding carboxylic acids is 1. The average molecular weight is 415 g/mol. The van der Waals surface area contributed by atoms with Gasteiger partial charge in [-0.15, -0.1) is 0 Å². The summed E-state index contributed by atoms with van der Waals surface area (Å²) in [4.78, 5) is 16.9. The molecule has 1 aliphatic heterocycles. The molecule has 7 heteroatoms. The van der Waals surface area contributed by atoms with Crippen LogP contribution in [0.4, 0.5) is 4.39 Å². The number of benzene rings is 2. The monoisotopic (exact) mass is 414 g/mol. The van der Waals surface area contributed by atoms with Gasteiger partial charge in [-0.3, -0.25) is 4.79 Å². The quantitative estimate of drug-likeness (QED) is 0.641. The summed E-state index contributed by atoms with van der Waals surface area (Å²) in [5.41, 5.74) is 1.67. The molecule has 0 unspecified atom stereocenters. The predicted octanol–water partition coefficient (Wildman–Crippen LogP) is 3.50. The molecule has 2 N–H and O–H groups in total. The molecule has 0 spiro atoms. The number of hydrogen-bond acceptors (Lipinski definition) is 4. The van der Waals surface area contributed by atoms with Crippen LogP contribution < -0.4 is 5.32 Å². The highest BCUT2D eigenvalue weighted by atomic mass is 35.5. The van der Waals surface area contributed by atoms with E-state index < -0.39 is 23.9 Å². The Balaban J connectivity index is 1.71. The first-order chi connectivity index (χ1) is 14.0. The number of halogens is 2. The van der Waals surface area contributed by atoms with Crippen LogP contribution in [-0.4, -0.2) is 41.4 Å². The van der Waals surface area contributed by atoms with Crippen molar-refractivity contribution in [3.8, 4) is 0 Å². The number of carbonyl (C=O) groups is 1. The molecule has 1 aliphatic rings. The highest BCUT2D eigenvalue weighted by Crippen LogP contribution is 2.27. The van der Waals surface area contributed by atoms with Gasteiger partial charge >= 0.3 is 0 Å². The summed E-state index contributed by atoms with van der Waals surface area (Å²) in [5.74, 6) is -1.12. The normalized spacial score (nSPS) is 19.3. The van der Waals surface area contributed by atoms with Gasteiger partial charge in [-0.25, -0.2) is 9.37 Å². The van der Waals surface area contributed by atoms with Crippen molar-refractivity contribution in [1.82, 2.24) is 10.3 Å². The smallest absolute Gasteiger partial charge is 0.254 e. The Labute approximate surface area is 172 Å². The molecule has 150 valence electrons. The Morgan fingerprint density at radius 1 is 1.28 bits per heavy atom. The predicted molar refractivity (Wildman–Crippen MR) is 109 cm³/mol. The molecule has 0 radical (unpaired) electrons. The zero-order chi connectivity index (χ0) is 20.4. The summed E-state index contributed by atoms with van der Waals surface area (Å²) in [7, 11) is 0. The SMILES string of the molecule is O=C(N[C@H]1CCOC[C@@H]1O)c1cc(Cc2ccc(Cl)nc2)c2ccccc2c1F. The topological polar surface area (TPSA) is 71.5 Å². The zero-order valence-corrected chi connectivity index (χ0v) is 16.3. The van der Waals surface area contributed by atoms with E-state index in [4.69, 9.17) is 16.3 Å². The molecule has 4 rings (SSSR count). The Kier molecular flexibility index (Phi) is 5.76. The van der Waals surface area contributed by atoms with Crippen molar-refractivity contribution >= 4 is 28.3 Å². The molecule has 0 aliphatic carbocycles. The van der Waals surface area contributed by atoms with E-state index in [9.17, 15) is 9.90 Å². The highest BCUT2D eigenvalue weighted by molar-refractivity contribution is 6.29. The third-order valence-electron chi connectivity index (χ3n) is 5.14. The number of pyridine rings is 1. The first-order valence-corrected chi connectivity index (χ1v) is 9.78. The van der Waals surface area contributed by atoms with Gasteiger partial charge in [0.2, 0.25) is 0 Å². The van der Waals surface area contributed by atoms with E-state index in [1.54, 1.807) is 30.5 Å². The van der Waals surface area contributed by atoms with Gasteiger partial charge in [-0.1, -0.05) is 41.9 Å². The van der Waals surface area contributed by atoms with E-state index in [0.717, 1.165) is 16.5 Å². The lowest BCUT2D eigenvalue weighted by Gasteiger charge is -2.28. The van der Waals surface area contributed by atoms with Crippen molar-refractivity contribution in [2.45, 2.75) is 25.0 Å². The molecular weight excluding hydrogens is 395 g/mol. The van der Waals surface area contributed by atoms with E-state index in [2.05, 4.69) is 10.3 Å². The molecule has 1 fully saturated rings. The van der Waals surface area contributed by atoms with Gasteiger partial charge in [0.25, 0.3) is 5.91 Å². The Morgan fingerprint density at radius 2 is 2.07 bits per heavy atom. The van der Waals surface area contributed by atoms with E-state index in [1.807, 2.05) is 18.2 Å². The average Bonchev–Trinajstić information content (AvgIpc) is 2.73. The summed E-state index contributed by atoms with van der Waals surface area (Å²) in [6.45, 7) is 0.594. The standard InChI is InChI=1S/C22H20ClFN2O3/c23-20-6-5-13(11-25-20)9-14-10-17(21(24)16-4-2-1-3-15(14)16)22(28)26-18-7-8-29-12-19(18)27/h1-6,10-11,18-19,27H,7-9,12H2,(H,26,28)/t18-,19-/m0/s1. The lowest BCUT2D eigenvalue weighted by Crippen LogP contribution is -2.48. The highest BCUT2D eigenvalue weighted by Gasteiger charge is 2.27. The molecule has 2 heterocycles. The van der Waals surface area contributed by atoms with Gasteiger partial charge in [-0.05, 0) is 41.5 Å². The van der Waals surface area contributed by atoms with Crippen LogP contribution >= 0.6 is 11.6 Å². The fourth-order valence-electron chi connectivity index (χ4n) is 3.59. The van der Waals surface area contributed by atoms with Crippen molar-refractivity contribution in [3.05, 3.63) is 76.3 Å². The summed E-state index contributed by atoms with van der Waals surface area (Å²) in [6, 6.07) is 11.7. The van der Waals surface area contributed by atoms with Crippen molar-refractivity contribution in [2.24, 2.45) is 0 Å². The fourth-order valence-corrected chi connectivity index (χ4v) is 3.71. The van der Waals surface area contributed by atoms with Crippen LogP contribution in [0.15, 0.2) is 48.7 Å². The molecule has 2 aromatic carbocycles. The number of nitrogens with one attached hydrogen (secondary N) is 1. The number of hydrogen-bond donors (Lipinski definition) is 2. The number of fused-ring (bicyclic) bond motifs is 1. The Bertz CT molecular complexity index is 1040. The van der Waals surface area contributed by atoms with Crippen LogP contribution in [0.1, 0.15) is 27.9 Å². The lowest BCUT2D eigenvalue weighted by molar-refractivity contribution is -0.0261. The fraction of sp³-hybridized carbons (Fsp3) is 0.273. The molecule has 3 aromatic rings. The first-order valence-electron chi connectivity index (χ1n) is 9.40. The van der Waals surface area contributed by atoms with E-state index in [0.29, 0.717) is 30.0 Å². The number of rotatable bonds is 4. The number of amides is 1. The van der Waals surface area contributed by atoms with E-state index >= 15 is 4.39 Å². The number of nitrogens with zero attached hydrogens (tertiary/aromatic N) is 1. The lowest BCUT2D eigenvalue weighted by atomic mass is 9.95. The van der Waals surface area contributed by atoms with Gasteiger partial charge in [0.05, 0.1) is 24.3 Å². The van der Waals surface area contributed by atoms with Crippen LogP contribution in [0.25, 0.3) is 10.8 Å². The summed E-state index contributed by atoms with van der Waals surface area (Å²) < 4.78 is 20.3. The van der Waals surface area contributed by atoms with Crippen molar-refractivity contribution in [3.63, 3.8) is 0 Å². The zero-order valence-electron chi connectivity index (χ0n) is 15.6. The second-order valence-corrected chi connectivity index (χ2v) is 7.51. The molecule has 0 saturated carbocycles. The molecule has 1 saturated heterocycles. The number of aliphatic hydroxyl groups is 1. The van der Waals surface area contributed by atoms with Crippen LogP contribution in [0.2, 0.25) is 5.15 Å². The van der Waals surface area contributed by atoms with Gasteiger partial charge in [0, 0.05) is 18.2 Å². The number of ether oxygens (including phenoxy) is 1. The first kappa shape index (κ1) is 19.8. The Hall–Kier alpha value is -2.54. The maximum absolute atomic E-state index is 15.2. The maximum atomic E-state index is 15.2. The van der Waals surface area contributed by atoms with Crippen LogP contribution in [-0.2, 0) is 11.2 Å². The minimum absolute atomic E-state index is 0.0423. The minimum atomic E-state index is -0.809. The van der Waals surface area contributed by atoms with Crippen molar-refractivity contribution in [2.75, 3.05) is 13.2 Å². The van der Waals surface area contributed by atoms with Gasteiger partial charge in [0.1, 0.15) is 11.0 Å². The van der Waals surface area contributed by atoms with Gasteiger partial charge in [0.15, 0.2) is 0 Å². The summed E-state index contributed by atoms with van der Waals surface area (Å²) >= 11 is 5.86. The van der Waals surface area contributed by atoms with Crippen LogP contribution in [0, 0.1) is 5.82 Å². The molecule has 1 aromatic heterocycles. The third-order valence-corrected chi connectivity index (χ3v) is 5.36. The van der Waals surface area contributed by atoms with Crippen LogP contribution in [0.5, 0.6) is 0 Å². The van der Waals surface area contributed by atoms with Gasteiger partial charge in [-0.2, -0.15) is 0 Å². The number of aliphatic hydroxyl groups excluding tert-OH is 1. The molecule has 0 bridgehead atoms. The second kappa shape index (κ2) is 8.45. The molecule has 29 heavy (non-hydrogen) atoms. The van der Waals surface area contributed by atoms with Crippen molar-refractivity contribution < 1.29 is 19.0 Å². The minimum Gasteiger partial charge on any atom is -0.389 e. The van der Waals surface area contributed by atoms with Crippen molar-refractivity contribution in [1.29, 1.82) is 0 Å². The Morgan fingerprint density at radius 3 is 2.79 bits per heavy atom.